The van der Waals surface area contributed by atoms with E-state index in [4.69, 9.17) is 15.1 Å². The van der Waals surface area contributed by atoms with E-state index in [9.17, 15) is 5.11 Å². The van der Waals surface area contributed by atoms with Crippen molar-refractivity contribution in [1.82, 2.24) is 4.98 Å². The summed E-state index contributed by atoms with van der Waals surface area (Å²) in [5, 5.41) is 20.2. The molecule has 0 spiro atoms. The molecule has 2 heterocycles. The molecule has 0 radical (unpaired) electrons. The molecule has 0 bridgehead atoms. The third-order valence-electron chi connectivity index (χ3n) is 4.96. The van der Waals surface area contributed by atoms with Crippen molar-refractivity contribution in [3.05, 3.63) is 69.7 Å². The summed E-state index contributed by atoms with van der Waals surface area (Å²) >= 11 is 1.50. The molecule has 0 saturated heterocycles. The molecule has 2 aromatic carbocycles. The van der Waals surface area contributed by atoms with Crippen molar-refractivity contribution < 1.29 is 9.84 Å². The average Bonchev–Trinajstić information content (AvgIpc) is 3.21. The number of aromatic nitrogens is 1. The lowest BCUT2D eigenvalue weighted by Crippen LogP contribution is -2.27. The van der Waals surface area contributed by atoms with E-state index < -0.39 is 0 Å². The number of hydrogen-bond donors (Lipinski definition) is 2. The third kappa shape index (κ3) is 3.71. The Morgan fingerprint density at radius 2 is 1.80 bits per heavy atom. The number of ether oxygens (including phenoxy) is 1. The summed E-state index contributed by atoms with van der Waals surface area (Å²) in [7, 11) is 0. The first-order chi connectivity index (χ1) is 14.3. The van der Waals surface area contributed by atoms with E-state index in [0.717, 1.165) is 21.8 Å². The van der Waals surface area contributed by atoms with Crippen LogP contribution in [0.15, 0.2) is 54.3 Å². The fourth-order valence-electron chi connectivity index (χ4n) is 3.53. The molecule has 0 fully saturated rings. The highest BCUT2D eigenvalue weighted by Crippen LogP contribution is 2.39. The van der Waals surface area contributed by atoms with Crippen molar-refractivity contribution >= 4 is 28.4 Å². The maximum atomic E-state index is 10.7. The van der Waals surface area contributed by atoms with Crippen molar-refractivity contribution in [3.8, 4) is 17.0 Å². The van der Waals surface area contributed by atoms with E-state index >= 15 is 0 Å². The summed E-state index contributed by atoms with van der Waals surface area (Å²) < 4.78 is 5.92. The van der Waals surface area contributed by atoms with E-state index in [1.165, 1.54) is 16.9 Å². The molecule has 6 heteroatoms. The van der Waals surface area contributed by atoms with Crippen LogP contribution in [-0.4, -0.2) is 28.6 Å². The number of thiazole rings is 1. The largest absolute Gasteiger partial charge is 0.510 e. The van der Waals surface area contributed by atoms with Gasteiger partial charge in [-0.3, -0.25) is 5.41 Å². The number of aliphatic hydroxyl groups is 1. The lowest BCUT2D eigenvalue weighted by molar-refractivity contribution is 0.243. The predicted molar refractivity (Wildman–Crippen MR) is 124 cm³/mol. The maximum absolute atomic E-state index is 10.7. The van der Waals surface area contributed by atoms with Gasteiger partial charge >= 0.3 is 0 Å². The van der Waals surface area contributed by atoms with Gasteiger partial charge in [-0.05, 0) is 39.8 Å². The van der Waals surface area contributed by atoms with Gasteiger partial charge in [0.25, 0.3) is 0 Å². The number of anilines is 1. The van der Waals surface area contributed by atoms with Crippen LogP contribution in [0.25, 0.3) is 16.8 Å². The van der Waals surface area contributed by atoms with Gasteiger partial charge in [0, 0.05) is 10.4 Å². The van der Waals surface area contributed by atoms with Gasteiger partial charge in [-0.1, -0.05) is 42.0 Å². The van der Waals surface area contributed by atoms with Crippen LogP contribution in [0.1, 0.15) is 29.3 Å². The second-order valence-electron chi connectivity index (χ2n) is 7.68. The van der Waals surface area contributed by atoms with Gasteiger partial charge in [-0.25, -0.2) is 4.98 Å². The molecule has 154 valence electrons. The molecule has 30 heavy (non-hydrogen) atoms. The molecule has 3 aromatic rings. The van der Waals surface area contributed by atoms with Gasteiger partial charge in [-0.2, -0.15) is 0 Å². The monoisotopic (exact) mass is 419 g/mol. The van der Waals surface area contributed by atoms with Crippen LogP contribution in [0.3, 0.4) is 0 Å². The van der Waals surface area contributed by atoms with Gasteiger partial charge < -0.3 is 14.7 Å². The molecular weight excluding hydrogens is 394 g/mol. The molecule has 0 saturated carbocycles. The van der Waals surface area contributed by atoms with Crippen LogP contribution in [-0.2, 0) is 0 Å². The van der Waals surface area contributed by atoms with Crippen LogP contribution in [0, 0.1) is 19.3 Å². The SMILES string of the molecule is Cc1ccc(-c2nc(C3=C(O)CN(c4ccccc4OC(C)C)C3=N)sc2C)cc1. The maximum Gasteiger partial charge on any atom is 0.143 e. The number of rotatable bonds is 5. The number of nitrogens with one attached hydrogen (secondary N) is 1. The first-order valence-corrected chi connectivity index (χ1v) is 10.8. The normalized spacial score (nSPS) is 14.2. The minimum absolute atomic E-state index is 0.0163. The fourth-order valence-corrected chi connectivity index (χ4v) is 4.53. The van der Waals surface area contributed by atoms with Crippen molar-refractivity contribution in [2.45, 2.75) is 33.8 Å². The summed E-state index contributed by atoms with van der Waals surface area (Å²) in [6.45, 7) is 8.25. The molecule has 0 atom stereocenters. The number of amidine groups is 1. The first-order valence-electron chi connectivity index (χ1n) is 9.94. The number of para-hydroxylation sites is 2. The number of hydrogen-bond acceptors (Lipinski definition) is 5. The van der Waals surface area contributed by atoms with Gasteiger partial charge in [-0.15, -0.1) is 11.3 Å². The minimum Gasteiger partial charge on any atom is -0.510 e. The number of aliphatic hydroxyl groups excluding tert-OH is 1. The highest BCUT2D eigenvalue weighted by Gasteiger charge is 2.33. The molecular formula is C24H25N3O2S. The molecule has 5 nitrogen and oxygen atoms in total. The van der Waals surface area contributed by atoms with Crippen LogP contribution in [0.2, 0.25) is 0 Å². The lowest BCUT2D eigenvalue weighted by Gasteiger charge is -2.23. The van der Waals surface area contributed by atoms with E-state index in [1.54, 1.807) is 4.90 Å². The number of aryl methyl sites for hydroxylation is 2. The summed E-state index contributed by atoms with van der Waals surface area (Å²) in [6.07, 6.45) is 0.0163. The highest BCUT2D eigenvalue weighted by atomic mass is 32.1. The second-order valence-corrected chi connectivity index (χ2v) is 8.88. The molecule has 2 N–H and O–H groups in total. The van der Waals surface area contributed by atoms with E-state index in [0.29, 0.717) is 16.3 Å². The zero-order chi connectivity index (χ0) is 21.4. The molecule has 0 aliphatic carbocycles. The van der Waals surface area contributed by atoms with Crippen LogP contribution < -0.4 is 9.64 Å². The predicted octanol–water partition coefficient (Wildman–Crippen LogP) is 5.98. The van der Waals surface area contributed by atoms with E-state index in [2.05, 4.69) is 31.2 Å². The number of nitrogens with zero attached hydrogens (tertiary/aromatic N) is 2. The van der Waals surface area contributed by atoms with E-state index in [-0.39, 0.29) is 24.2 Å². The summed E-state index contributed by atoms with van der Waals surface area (Å²) in [4.78, 5) is 7.62. The van der Waals surface area contributed by atoms with Gasteiger partial charge in [0.05, 0.1) is 29.6 Å². The summed E-state index contributed by atoms with van der Waals surface area (Å²) in [5.74, 6) is 1.09. The Balaban J connectivity index is 1.68. The summed E-state index contributed by atoms with van der Waals surface area (Å²) in [6, 6.07) is 15.9. The van der Waals surface area contributed by atoms with Crippen molar-refractivity contribution in [2.75, 3.05) is 11.4 Å². The average molecular weight is 420 g/mol. The Hall–Kier alpha value is -3.12. The van der Waals surface area contributed by atoms with E-state index in [1.807, 2.05) is 45.0 Å². The second kappa shape index (κ2) is 7.95. The van der Waals surface area contributed by atoms with Crippen LogP contribution >= 0.6 is 11.3 Å². The zero-order valence-electron chi connectivity index (χ0n) is 17.6. The Kier molecular flexibility index (Phi) is 5.35. The smallest absolute Gasteiger partial charge is 0.143 e. The standard InChI is InChI=1S/C24H25N3O2S/c1-14(2)29-20-8-6-5-7-18(20)27-13-19(28)21(23(27)25)24-26-22(16(4)30-24)17-11-9-15(3)10-12-17/h5-12,14,25,28H,13H2,1-4H3. The molecule has 1 aromatic heterocycles. The van der Waals surface area contributed by atoms with Crippen LogP contribution in [0.4, 0.5) is 5.69 Å². The minimum atomic E-state index is 0.0163. The van der Waals surface area contributed by atoms with Crippen molar-refractivity contribution in [2.24, 2.45) is 0 Å². The Labute approximate surface area is 180 Å². The summed E-state index contributed by atoms with van der Waals surface area (Å²) in [5.41, 5.74) is 4.39. The highest BCUT2D eigenvalue weighted by molar-refractivity contribution is 7.13. The molecule has 0 unspecified atom stereocenters. The molecule has 0 amide bonds. The lowest BCUT2D eigenvalue weighted by atomic mass is 10.1. The van der Waals surface area contributed by atoms with Gasteiger partial charge in [0.15, 0.2) is 0 Å². The topological polar surface area (TPSA) is 69.4 Å². The Bertz CT molecular complexity index is 1130. The number of benzene rings is 2. The quantitative estimate of drug-likeness (QED) is 0.534. The molecule has 1 aliphatic rings. The molecule has 1 aliphatic heterocycles. The molecule has 4 rings (SSSR count). The zero-order valence-corrected chi connectivity index (χ0v) is 18.4. The Morgan fingerprint density at radius 1 is 1.10 bits per heavy atom. The first kappa shape index (κ1) is 20.2. The fraction of sp³-hybridized carbons (Fsp3) is 0.250. The van der Waals surface area contributed by atoms with Gasteiger partial charge in [0.2, 0.25) is 0 Å². The van der Waals surface area contributed by atoms with Crippen molar-refractivity contribution in [3.63, 3.8) is 0 Å². The van der Waals surface area contributed by atoms with Gasteiger partial charge in [0.1, 0.15) is 22.4 Å². The third-order valence-corrected chi connectivity index (χ3v) is 5.95. The van der Waals surface area contributed by atoms with Crippen molar-refractivity contribution in [1.29, 1.82) is 5.41 Å². The Morgan fingerprint density at radius 3 is 2.50 bits per heavy atom. The van der Waals surface area contributed by atoms with Crippen LogP contribution in [0.5, 0.6) is 5.75 Å².